The van der Waals surface area contributed by atoms with Crippen LogP contribution in [-0.4, -0.2) is 29.1 Å². The molecular formula is C28H29NO. The van der Waals surface area contributed by atoms with Crippen molar-refractivity contribution in [2.45, 2.75) is 30.9 Å². The van der Waals surface area contributed by atoms with Gasteiger partial charge in [-0.1, -0.05) is 103 Å². The first kappa shape index (κ1) is 19.3. The van der Waals surface area contributed by atoms with Crippen molar-refractivity contribution in [2.75, 3.05) is 13.1 Å². The predicted octanol–water partition coefficient (Wildman–Crippen LogP) is 5.57. The maximum Gasteiger partial charge on any atom is 0.0975 e. The number of aliphatic hydroxyl groups is 1. The molecule has 3 aromatic rings. The molecule has 6 rings (SSSR count). The van der Waals surface area contributed by atoms with Gasteiger partial charge in [-0.25, -0.2) is 0 Å². The summed E-state index contributed by atoms with van der Waals surface area (Å²) in [5.41, 5.74) is 5.08. The van der Waals surface area contributed by atoms with Gasteiger partial charge in [0.15, 0.2) is 0 Å². The highest BCUT2D eigenvalue weighted by atomic mass is 16.3. The molecule has 0 aromatic heterocycles. The molecule has 0 radical (unpaired) electrons. The molecule has 3 aliphatic rings. The van der Waals surface area contributed by atoms with Crippen LogP contribution in [0.25, 0.3) is 0 Å². The molecule has 3 saturated heterocycles. The van der Waals surface area contributed by atoms with Gasteiger partial charge in [0, 0.05) is 12.0 Å². The van der Waals surface area contributed by atoms with Gasteiger partial charge in [-0.05, 0) is 48.5 Å². The Labute approximate surface area is 179 Å². The molecule has 2 unspecified atom stereocenters. The monoisotopic (exact) mass is 395 g/mol. The molecule has 3 heterocycles. The summed E-state index contributed by atoms with van der Waals surface area (Å²) in [6.45, 7) is 2.29. The van der Waals surface area contributed by atoms with Gasteiger partial charge in [-0.2, -0.15) is 0 Å². The van der Waals surface area contributed by atoms with E-state index in [1.54, 1.807) is 0 Å². The van der Waals surface area contributed by atoms with Crippen LogP contribution in [0.1, 0.15) is 41.6 Å². The van der Waals surface area contributed by atoms with Crippen molar-refractivity contribution in [1.29, 1.82) is 0 Å². The van der Waals surface area contributed by atoms with Crippen LogP contribution in [-0.2, 0) is 0 Å². The second-order valence-electron chi connectivity index (χ2n) is 8.58. The fourth-order valence-electron chi connectivity index (χ4n) is 5.41. The van der Waals surface area contributed by atoms with E-state index in [9.17, 15) is 5.11 Å². The average molecular weight is 396 g/mol. The summed E-state index contributed by atoms with van der Waals surface area (Å²) in [6.07, 6.45) is 3.99. The number of aliphatic hydroxyl groups excluding tert-OH is 1. The minimum Gasteiger partial charge on any atom is -0.384 e. The standard InChI is InChI=1S/C28H29NO/c30-26(22-10-4-1-5-11-22)20-25-21-16-18-29(19-17-21)28(25)27(23-12-6-2-7-13-23)24-14-8-3-9-15-24/h1-15,20-21,26-28,30H,16-19H2/b25-20+. The van der Waals surface area contributed by atoms with E-state index in [1.807, 2.05) is 30.3 Å². The summed E-state index contributed by atoms with van der Waals surface area (Å²) in [5, 5.41) is 11.0. The number of hydrogen-bond acceptors (Lipinski definition) is 2. The van der Waals surface area contributed by atoms with Crippen molar-refractivity contribution in [2.24, 2.45) is 5.92 Å². The van der Waals surface area contributed by atoms with Crippen LogP contribution in [0.5, 0.6) is 0 Å². The van der Waals surface area contributed by atoms with Crippen molar-refractivity contribution in [3.63, 3.8) is 0 Å². The van der Waals surface area contributed by atoms with Gasteiger partial charge in [-0.15, -0.1) is 0 Å². The van der Waals surface area contributed by atoms with Crippen molar-refractivity contribution in [3.8, 4) is 0 Å². The molecule has 0 aliphatic carbocycles. The highest BCUT2D eigenvalue weighted by molar-refractivity contribution is 5.41. The van der Waals surface area contributed by atoms with Gasteiger partial charge < -0.3 is 5.11 Å². The number of benzene rings is 3. The van der Waals surface area contributed by atoms with E-state index in [4.69, 9.17) is 0 Å². The van der Waals surface area contributed by atoms with E-state index in [0.717, 1.165) is 18.7 Å². The molecule has 152 valence electrons. The maximum absolute atomic E-state index is 11.0. The largest absolute Gasteiger partial charge is 0.384 e. The van der Waals surface area contributed by atoms with E-state index in [1.165, 1.54) is 29.5 Å². The Morgan fingerprint density at radius 3 is 1.67 bits per heavy atom. The molecule has 2 nitrogen and oxygen atoms in total. The number of nitrogens with zero attached hydrogens (tertiary/aromatic N) is 1. The zero-order valence-corrected chi connectivity index (χ0v) is 17.3. The zero-order chi connectivity index (χ0) is 20.3. The summed E-state index contributed by atoms with van der Waals surface area (Å²) in [5.74, 6) is 0.831. The highest BCUT2D eigenvalue weighted by Crippen LogP contribution is 2.45. The maximum atomic E-state index is 11.0. The predicted molar refractivity (Wildman–Crippen MR) is 122 cm³/mol. The normalized spacial score (nSPS) is 25.5. The molecule has 1 N–H and O–H groups in total. The quantitative estimate of drug-likeness (QED) is 0.571. The first-order valence-corrected chi connectivity index (χ1v) is 11.1. The fourth-order valence-corrected chi connectivity index (χ4v) is 5.41. The summed E-state index contributed by atoms with van der Waals surface area (Å²) in [4.78, 5) is 2.65. The molecular weight excluding hydrogens is 366 g/mol. The third-order valence-corrected chi connectivity index (χ3v) is 6.86. The van der Waals surface area contributed by atoms with Gasteiger partial charge in [-0.3, -0.25) is 4.90 Å². The first-order chi connectivity index (χ1) is 14.8. The number of rotatable bonds is 5. The lowest BCUT2D eigenvalue weighted by Crippen LogP contribution is -2.53. The van der Waals surface area contributed by atoms with Gasteiger partial charge in [0.25, 0.3) is 0 Å². The Morgan fingerprint density at radius 2 is 1.17 bits per heavy atom. The topological polar surface area (TPSA) is 23.5 Å². The third kappa shape index (κ3) is 3.74. The average Bonchev–Trinajstić information content (AvgIpc) is 2.83. The lowest BCUT2D eigenvalue weighted by Gasteiger charge is -2.51. The smallest absolute Gasteiger partial charge is 0.0975 e. The molecule has 3 fully saturated rings. The Bertz CT molecular complexity index is 935. The van der Waals surface area contributed by atoms with Crippen LogP contribution < -0.4 is 0 Å². The molecule has 0 amide bonds. The lowest BCUT2D eigenvalue weighted by atomic mass is 9.70. The van der Waals surface area contributed by atoms with E-state index in [0.29, 0.717) is 12.0 Å². The molecule has 3 aromatic carbocycles. The number of hydrogen-bond donors (Lipinski definition) is 1. The first-order valence-electron chi connectivity index (χ1n) is 11.1. The molecule has 2 bridgehead atoms. The van der Waals surface area contributed by atoms with Crippen LogP contribution in [0.15, 0.2) is 103 Å². The molecule has 2 heteroatoms. The Balaban J connectivity index is 1.60. The Kier molecular flexibility index (Phi) is 5.52. The third-order valence-electron chi connectivity index (χ3n) is 6.86. The minimum absolute atomic E-state index is 0.268. The summed E-state index contributed by atoms with van der Waals surface area (Å²) < 4.78 is 0. The van der Waals surface area contributed by atoms with Crippen LogP contribution in [0.4, 0.5) is 0 Å². The van der Waals surface area contributed by atoms with E-state index < -0.39 is 6.10 Å². The van der Waals surface area contributed by atoms with Crippen LogP contribution >= 0.6 is 0 Å². The second-order valence-corrected chi connectivity index (χ2v) is 8.58. The van der Waals surface area contributed by atoms with Crippen molar-refractivity contribution >= 4 is 0 Å². The summed E-state index contributed by atoms with van der Waals surface area (Å²) in [7, 11) is 0. The summed E-state index contributed by atoms with van der Waals surface area (Å²) >= 11 is 0. The molecule has 30 heavy (non-hydrogen) atoms. The molecule has 0 saturated carbocycles. The molecule has 3 aliphatic heterocycles. The second kappa shape index (κ2) is 8.59. The van der Waals surface area contributed by atoms with E-state index in [2.05, 4.69) is 71.6 Å². The summed E-state index contributed by atoms with van der Waals surface area (Å²) in [6, 6.07) is 32.1. The SMILES string of the molecule is OC(/C=C1\C2CCN(CC2)C1C(c1ccccc1)c1ccccc1)c1ccccc1. The Hall–Kier alpha value is -2.68. The van der Waals surface area contributed by atoms with E-state index in [-0.39, 0.29) is 5.92 Å². The zero-order valence-electron chi connectivity index (χ0n) is 17.3. The van der Waals surface area contributed by atoms with Gasteiger partial charge in [0.1, 0.15) is 0 Å². The van der Waals surface area contributed by atoms with Crippen LogP contribution in [0.2, 0.25) is 0 Å². The number of piperidine rings is 3. The number of fused-ring (bicyclic) bond motifs is 3. The lowest BCUT2D eigenvalue weighted by molar-refractivity contribution is 0.0908. The highest BCUT2D eigenvalue weighted by Gasteiger charge is 2.42. The Morgan fingerprint density at radius 1 is 0.700 bits per heavy atom. The van der Waals surface area contributed by atoms with Gasteiger partial charge in [0.05, 0.1) is 6.10 Å². The molecule has 2 atom stereocenters. The van der Waals surface area contributed by atoms with Crippen LogP contribution in [0, 0.1) is 5.92 Å². The van der Waals surface area contributed by atoms with E-state index >= 15 is 0 Å². The van der Waals surface area contributed by atoms with Gasteiger partial charge in [0.2, 0.25) is 0 Å². The van der Waals surface area contributed by atoms with Crippen molar-refractivity contribution in [3.05, 3.63) is 119 Å². The fraction of sp³-hybridized carbons (Fsp3) is 0.286. The molecule has 0 spiro atoms. The van der Waals surface area contributed by atoms with Crippen molar-refractivity contribution in [1.82, 2.24) is 4.90 Å². The minimum atomic E-state index is -0.559. The van der Waals surface area contributed by atoms with Crippen LogP contribution in [0.3, 0.4) is 0 Å². The van der Waals surface area contributed by atoms with Crippen molar-refractivity contribution < 1.29 is 5.11 Å². The van der Waals surface area contributed by atoms with Gasteiger partial charge >= 0.3 is 0 Å².